The van der Waals surface area contributed by atoms with E-state index in [1.807, 2.05) is 32.0 Å². The Kier molecular flexibility index (Phi) is 3.89. The first kappa shape index (κ1) is 13.9. The summed E-state index contributed by atoms with van der Waals surface area (Å²) in [5.41, 5.74) is 2.43. The summed E-state index contributed by atoms with van der Waals surface area (Å²) in [6.07, 6.45) is 0. The molecular weight excluding hydrogens is 256 g/mol. The molecule has 0 unspecified atom stereocenters. The number of para-hydroxylation sites is 1. The molecule has 104 valence electrons. The molecule has 1 N–H and O–H groups in total. The van der Waals surface area contributed by atoms with Gasteiger partial charge >= 0.3 is 5.69 Å². The van der Waals surface area contributed by atoms with Crippen LogP contribution in [-0.2, 0) is 0 Å². The minimum Gasteiger partial charge on any atom is -0.450 e. The van der Waals surface area contributed by atoms with E-state index < -0.39 is 4.92 Å². The lowest BCUT2D eigenvalue weighted by Crippen LogP contribution is -1.99. The molecule has 0 spiro atoms. The minimum absolute atomic E-state index is 0.0602. The summed E-state index contributed by atoms with van der Waals surface area (Å²) in [6, 6.07) is 10.7. The summed E-state index contributed by atoms with van der Waals surface area (Å²) in [4.78, 5) is 10.8. The Morgan fingerprint density at radius 1 is 1.15 bits per heavy atom. The molecule has 0 heterocycles. The predicted molar refractivity (Wildman–Crippen MR) is 78.6 cm³/mol. The summed E-state index contributed by atoms with van der Waals surface area (Å²) >= 11 is 0. The van der Waals surface area contributed by atoms with E-state index in [1.54, 1.807) is 25.2 Å². The molecular formula is C15H16N2O3. The van der Waals surface area contributed by atoms with E-state index in [1.165, 1.54) is 0 Å². The van der Waals surface area contributed by atoms with Crippen LogP contribution in [0, 0.1) is 24.0 Å². The van der Waals surface area contributed by atoms with Crippen LogP contribution in [0.15, 0.2) is 36.4 Å². The average Bonchev–Trinajstić information content (AvgIpc) is 2.41. The van der Waals surface area contributed by atoms with Crippen LogP contribution in [0.3, 0.4) is 0 Å². The fourth-order valence-corrected chi connectivity index (χ4v) is 2.03. The van der Waals surface area contributed by atoms with E-state index in [9.17, 15) is 10.1 Å². The molecule has 20 heavy (non-hydrogen) atoms. The zero-order valence-electron chi connectivity index (χ0n) is 11.6. The molecule has 5 heteroatoms. The van der Waals surface area contributed by atoms with E-state index in [-0.39, 0.29) is 11.4 Å². The van der Waals surface area contributed by atoms with Crippen LogP contribution in [0.25, 0.3) is 0 Å². The summed E-state index contributed by atoms with van der Waals surface area (Å²) in [6.45, 7) is 3.90. The van der Waals surface area contributed by atoms with Gasteiger partial charge in [-0.05, 0) is 37.6 Å². The maximum absolute atomic E-state index is 11.2. The van der Waals surface area contributed by atoms with Gasteiger partial charge < -0.3 is 10.1 Å². The van der Waals surface area contributed by atoms with Crippen LogP contribution >= 0.6 is 0 Å². The van der Waals surface area contributed by atoms with Crippen molar-refractivity contribution in [2.45, 2.75) is 13.8 Å². The molecule has 5 nitrogen and oxygen atoms in total. The molecule has 0 aromatic heterocycles. The lowest BCUT2D eigenvalue weighted by Gasteiger charge is -2.11. The lowest BCUT2D eigenvalue weighted by molar-refractivity contribution is -0.384. The number of anilines is 1. The summed E-state index contributed by atoms with van der Waals surface area (Å²) in [5, 5.41) is 14.0. The van der Waals surface area contributed by atoms with Gasteiger partial charge in [-0.3, -0.25) is 10.1 Å². The Balaban J connectivity index is 2.45. The van der Waals surface area contributed by atoms with Crippen LogP contribution in [0.5, 0.6) is 11.5 Å². The number of hydrogen-bond acceptors (Lipinski definition) is 4. The van der Waals surface area contributed by atoms with Gasteiger partial charge in [0.15, 0.2) is 0 Å². The quantitative estimate of drug-likeness (QED) is 0.673. The van der Waals surface area contributed by atoms with E-state index in [4.69, 9.17) is 4.74 Å². The molecule has 0 radical (unpaired) electrons. The molecule has 0 aliphatic carbocycles. The largest absolute Gasteiger partial charge is 0.450 e. The molecule has 2 rings (SSSR count). The van der Waals surface area contributed by atoms with E-state index in [0.717, 1.165) is 11.1 Å². The van der Waals surface area contributed by atoms with Crippen LogP contribution < -0.4 is 10.1 Å². The van der Waals surface area contributed by atoms with Crippen LogP contribution in [0.2, 0.25) is 0 Å². The second kappa shape index (κ2) is 5.61. The normalized spacial score (nSPS) is 10.2. The smallest absolute Gasteiger partial charge is 0.334 e. The third-order valence-electron chi connectivity index (χ3n) is 3.00. The number of nitrogens with zero attached hydrogens (tertiary/aromatic N) is 1. The van der Waals surface area contributed by atoms with Gasteiger partial charge in [0, 0.05) is 7.05 Å². The molecule has 0 saturated heterocycles. The lowest BCUT2D eigenvalue weighted by atomic mass is 10.1. The zero-order chi connectivity index (χ0) is 14.7. The molecule has 0 saturated carbocycles. The second-order valence-corrected chi connectivity index (χ2v) is 4.53. The maximum Gasteiger partial charge on any atom is 0.334 e. The topological polar surface area (TPSA) is 64.4 Å². The SMILES string of the molecule is CNc1cccc(Oc2ccc(C)cc2C)c1[N+](=O)[O-]. The van der Waals surface area contributed by atoms with Gasteiger partial charge in [0.1, 0.15) is 11.4 Å². The van der Waals surface area contributed by atoms with Gasteiger partial charge in [-0.15, -0.1) is 0 Å². The molecule has 2 aromatic rings. The highest BCUT2D eigenvalue weighted by Crippen LogP contribution is 2.38. The van der Waals surface area contributed by atoms with E-state index >= 15 is 0 Å². The molecule has 2 aromatic carbocycles. The van der Waals surface area contributed by atoms with Gasteiger partial charge in [0.05, 0.1) is 4.92 Å². The van der Waals surface area contributed by atoms with Crippen molar-refractivity contribution in [1.82, 2.24) is 0 Å². The first-order chi connectivity index (χ1) is 9.52. The highest BCUT2D eigenvalue weighted by molar-refractivity contribution is 5.68. The number of rotatable bonds is 4. The fourth-order valence-electron chi connectivity index (χ4n) is 2.03. The summed E-state index contributed by atoms with van der Waals surface area (Å²) in [7, 11) is 1.64. The first-order valence-electron chi connectivity index (χ1n) is 6.23. The van der Waals surface area contributed by atoms with Gasteiger partial charge in [0.25, 0.3) is 0 Å². The Labute approximate surface area is 117 Å². The van der Waals surface area contributed by atoms with Gasteiger partial charge in [0.2, 0.25) is 5.75 Å². The highest BCUT2D eigenvalue weighted by Gasteiger charge is 2.21. The van der Waals surface area contributed by atoms with Crippen LogP contribution in [0.1, 0.15) is 11.1 Å². The third kappa shape index (κ3) is 2.71. The molecule has 0 bridgehead atoms. The summed E-state index contributed by atoms with van der Waals surface area (Å²) in [5.74, 6) is 0.848. The number of nitro benzene ring substituents is 1. The molecule has 0 aliphatic rings. The van der Waals surface area contributed by atoms with E-state index in [2.05, 4.69) is 5.32 Å². The van der Waals surface area contributed by atoms with Gasteiger partial charge in [-0.2, -0.15) is 0 Å². The number of nitrogens with one attached hydrogen (secondary N) is 1. The standard InChI is InChI=1S/C15H16N2O3/c1-10-7-8-13(11(2)9-10)20-14-6-4-5-12(16-3)15(14)17(18)19/h4-9,16H,1-3H3. The second-order valence-electron chi connectivity index (χ2n) is 4.53. The van der Waals surface area contributed by atoms with Crippen molar-refractivity contribution in [3.8, 4) is 11.5 Å². The number of nitro groups is 1. The van der Waals surface area contributed by atoms with Crippen molar-refractivity contribution in [3.63, 3.8) is 0 Å². The molecule has 0 amide bonds. The number of aryl methyl sites for hydroxylation is 2. The van der Waals surface area contributed by atoms with Crippen molar-refractivity contribution in [2.24, 2.45) is 0 Å². The van der Waals surface area contributed by atoms with Crippen molar-refractivity contribution >= 4 is 11.4 Å². The average molecular weight is 272 g/mol. The number of hydrogen-bond donors (Lipinski definition) is 1. The third-order valence-corrected chi connectivity index (χ3v) is 3.00. The Bertz CT molecular complexity index is 654. The predicted octanol–water partition coefficient (Wildman–Crippen LogP) is 4.05. The maximum atomic E-state index is 11.2. The van der Waals surface area contributed by atoms with Crippen molar-refractivity contribution < 1.29 is 9.66 Å². The zero-order valence-corrected chi connectivity index (χ0v) is 11.6. The Hall–Kier alpha value is -2.56. The molecule has 0 fully saturated rings. The molecule has 0 atom stereocenters. The Morgan fingerprint density at radius 2 is 1.90 bits per heavy atom. The van der Waals surface area contributed by atoms with Crippen LogP contribution in [-0.4, -0.2) is 12.0 Å². The van der Waals surface area contributed by atoms with Crippen molar-refractivity contribution in [3.05, 3.63) is 57.6 Å². The van der Waals surface area contributed by atoms with Gasteiger partial charge in [-0.1, -0.05) is 23.8 Å². The highest BCUT2D eigenvalue weighted by atomic mass is 16.6. The van der Waals surface area contributed by atoms with Crippen molar-refractivity contribution in [1.29, 1.82) is 0 Å². The van der Waals surface area contributed by atoms with Gasteiger partial charge in [-0.25, -0.2) is 0 Å². The van der Waals surface area contributed by atoms with Crippen molar-refractivity contribution in [2.75, 3.05) is 12.4 Å². The van der Waals surface area contributed by atoms with E-state index in [0.29, 0.717) is 11.4 Å². The first-order valence-corrected chi connectivity index (χ1v) is 6.23. The summed E-state index contributed by atoms with van der Waals surface area (Å²) < 4.78 is 5.72. The fraction of sp³-hybridized carbons (Fsp3) is 0.200. The van der Waals surface area contributed by atoms with Crippen LogP contribution in [0.4, 0.5) is 11.4 Å². The minimum atomic E-state index is -0.440. The number of ether oxygens (including phenoxy) is 1. The monoisotopic (exact) mass is 272 g/mol. The Morgan fingerprint density at radius 3 is 2.50 bits per heavy atom. The molecule has 0 aliphatic heterocycles. The number of benzene rings is 2.